The van der Waals surface area contributed by atoms with Crippen LogP contribution in [0, 0.1) is 17.8 Å². The molecule has 3 rings (SSSR count). The van der Waals surface area contributed by atoms with E-state index >= 15 is 0 Å². The van der Waals surface area contributed by atoms with Gasteiger partial charge in [0.15, 0.2) is 0 Å². The molecule has 0 saturated heterocycles. The normalized spacial score (nSPS) is 30.0. The maximum absolute atomic E-state index is 13.0. The second-order valence-corrected chi connectivity index (χ2v) is 8.09. The monoisotopic (exact) mass is 378 g/mol. The fourth-order valence-corrected chi connectivity index (χ4v) is 4.90. The van der Waals surface area contributed by atoms with Crippen molar-refractivity contribution in [2.75, 3.05) is 6.54 Å². The topological polar surface area (TPSA) is 46.3 Å². The van der Waals surface area contributed by atoms with Crippen molar-refractivity contribution < 1.29 is 4.79 Å². The van der Waals surface area contributed by atoms with Crippen LogP contribution in [0.5, 0.6) is 0 Å². The number of benzene rings is 1. The Balaban J connectivity index is 1.68. The van der Waals surface area contributed by atoms with Crippen LogP contribution in [0.2, 0.25) is 0 Å². The van der Waals surface area contributed by atoms with Crippen LogP contribution in [-0.2, 0) is 11.3 Å². The molecule has 0 aliphatic heterocycles. The molecule has 3 nitrogen and oxygen atoms in total. The predicted octanol–water partition coefficient (Wildman–Crippen LogP) is 3.95. The minimum Gasteiger partial charge on any atom is -0.338 e. The molecule has 2 N–H and O–H groups in total. The van der Waals surface area contributed by atoms with E-state index < -0.39 is 0 Å². The van der Waals surface area contributed by atoms with E-state index in [-0.39, 0.29) is 5.92 Å². The third-order valence-electron chi connectivity index (χ3n) is 5.72. The Labute approximate surface area is 147 Å². The Bertz CT molecular complexity index is 548. The zero-order chi connectivity index (χ0) is 16.4. The van der Waals surface area contributed by atoms with Gasteiger partial charge in [0.2, 0.25) is 5.91 Å². The van der Waals surface area contributed by atoms with Gasteiger partial charge in [0.05, 0.1) is 0 Å². The van der Waals surface area contributed by atoms with Gasteiger partial charge in [-0.15, -0.1) is 0 Å². The number of fused-ring (bicyclic) bond motifs is 2. The van der Waals surface area contributed by atoms with E-state index in [0.29, 0.717) is 30.3 Å². The summed E-state index contributed by atoms with van der Waals surface area (Å²) in [6.45, 7) is 3.54. The molecular weight excluding hydrogens is 352 g/mol. The highest BCUT2D eigenvalue weighted by Crippen LogP contribution is 2.42. The number of nitrogens with two attached hydrogens (primary N) is 1. The number of rotatable bonds is 4. The van der Waals surface area contributed by atoms with Crippen LogP contribution in [0.3, 0.4) is 0 Å². The van der Waals surface area contributed by atoms with Gasteiger partial charge in [-0.3, -0.25) is 4.79 Å². The zero-order valence-corrected chi connectivity index (χ0v) is 15.5. The van der Waals surface area contributed by atoms with Gasteiger partial charge < -0.3 is 10.6 Å². The molecule has 2 bridgehead atoms. The van der Waals surface area contributed by atoms with Gasteiger partial charge >= 0.3 is 0 Å². The van der Waals surface area contributed by atoms with Crippen LogP contribution in [0.4, 0.5) is 0 Å². The van der Waals surface area contributed by atoms with Crippen LogP contribution in [0.1, 0.15) is 44.6 Å². The molecule has 2 atom stereocenters. The quantitative estimate of drug-likeness (QED) is 0.861. The Kier molecular flexibility index (Phi) is 5.42. The fraction of sp³-hybridized carbons (Fsp3) is 0.632. The lowest BCUT2D eigenvalue weighted by Gasteiger charge is -2.44. The summed E-state index contributed by atoms with van der Waals surface area (Å²) >= 11 is 3.51. The van der Waals surface area contributed by atoms with E-state index in [4.69, 9.17) is 5.73 Å². The van der Waals surface area contributed by atoms with Crippen molar-refractivity contribution in [3.05, 3.63) is 34.3 Å². The predicted molar refractivity (Wildman–Crippen MR) is 96.8 cm³/mol. The van der Waals surface area contributed by atoms with Crippen molar-refractivity contribution in [3.63, 3.8) is 0 Å². The maximum atomic E-state index is 13.0. The minimum absolute atomic E-state index is 0.178. The first-order chi connectivity index (χ1) is 11.1. The van der Waals surface area contributed by atoms with Gasteiger partial charge in [-0.05, 0) is 62.1 Å². The maximum Gasteiger partial charge on any atom is 0.225 e. The standard InChI is InChI=1S/C19H27BrN2O/c1-2-22(12-13-5-3-8-17(20)9-13)19(23)16-10-14-6-4-7-15(11-16)18(14)21/h3,5,8-9,14-16,18H,2,4,6-7,10-12,21H2,1H3. The molecule has 0 heterocycles. The van der Waals surface area contributed by atoms with Crippen molar-refractivity contribution in [1.82, 2.24) is 4.90 Å². The Morgan fingerprint density at radius 1 is 1.30 bits per heavy atom. The lowest BCUT2D eigenvalue weighted by molar-refractivity contribution is -0.139. The van der Waals surface area contributed by atoms with Crippen LogP contribution in [0.15, 0.2) is 28.7 Å². The third kappa shape index (κ3) is 3.80. The lowest BCUT2D eigenvalue weighted by atomic mass is 9.65. The average Bonchev–Trinajstić information content (AvgIpc) is 2.52. The number of nitrogens with zero attached hydrogens (tertiary/aromatic N) is 1. The molecule has 1 amide bonds. The van der Waals surface area contributed by atoms with Crippen LogP contribution < -0.4 is 5.73 Å². The summed E-state index contributed by atoms with van der Waals surface area (Å²) in [7, 11) is 0. The van der Waals surface area contributed by atoms with E-state index in [1.165, 1.54) is 24.8 Å². The largest absolute Gasteiger partial charge is 0.338 e. The summed E-state index contributed by atoms with van der Waals surface area (Å²) in [6.07, 6.45) is 5.69. The SMILES string of the molecule is CCN(Cc1cccc(Br)c1)C(=O)C1CC2CCCC(C1)C2N. The highest BCUT2D eigenvalue weighted by molar-refractivity contribution is 9.10. The van der Waals surface area contributed by atoms with Crippen molar-refractivity contribution in [1.29, 1.82) is 0 Å². The summed E-state index contributed by atoms with van der Waals surface area (Å²) in [5.41, 5.74) is 7.55. The Morgan fingerprint density at radius 2 is 2.00 bits per heavy atom. The first kappa shape index (κ1) is 17.0. The molecule has 2 aliphatic rings. The van der Waals surface area contributed by atoms with Crippen LogP contribution in [0.25, 0.3) is 0 Å². The van der Waals surface area contributed by atoms with E-state index in [0.717, 1.165) is 23.9 Å². The van der Waals surface area contributed by atoms with Gasteiger partial charge in [0.1, 0.15) is 0 Å². The van der Waals surface area contributed by atoms with Crippen molar-refractivity contribution in [2.45, 2.75) is 51.6 Å². The molecule has 2 aliphatic carbocycles. The smallest absolute Gasteiger partial charge is 0.225 e. The van der Waals surface area contributed by atoms with Gasteiger partial charge in [0.25, 0.3) is 0 Å². The highest BCUT2D eigenvalue weighted by atomic mass is 79.9. The van der Waals surface area contributed by atoms with E-state index in [9.17, 15) is 4.79 Å². The second kappa shape index (κ2) is 7.35. The number of halogens is 1. The third-order valence-corrected chi connectivity index (χ3v) is 6.21. The second-order valence-electron chi connectivity index (χ2n) is 7.18. The minimum atomic E-state index is 0.178. The summed E-state index contributed by atoms with van der Waals surface area (Å²) in [5, 5.41) is 0. The van der Waals surface area contributed by atoms with Gasteiger partial charge in [-0.1, -0.05) is 34.5 Å². The number of carbonyl (C=O) groups is 1. The molecule has 1 aromatic rings. The van der Waals surface area contributed by atoms with Gasteiger partial charge in [-0.25, -0.2) is 0 Å². The highest BCUT2D eigenvalue weighted by Gasteiger charge is 2.41. The Morgan fingerprint density at radius 3 is 2.61 bits per heavy atom. The molecule has 2 saturated carbocycles. The average molecular weight is 379 g/mol. The summed E-state index contributed by atoms with van der Waals surface area (Å²) in [6, 6.07) is 8.56. The van der Waals surface area contributed by atoms with Crippen molar-refractivity contribution >= 4 is 21.8 Å². The fourth-order valence-electron chi connectivity index (χ4n) is 4.45. The molecule has 0 aromatic heterocycles. The van der Waals surface area contributed by atoms with Crippen molar-refractivity contribution in [3.8, 4) is 0 Å². The molecule has 23 heavy (non-hydrogen) atoms. The molecule has 126 valence electrons. The first-order valence-electron chi connectivity index (χ1n) is 8.87. The first-order valence-corrected chi connectivity index (χ1v) is 9.66. The summed E-state index contributed by atoms with van der Waals surface area (Å²) in [4.78, 5) is 15.0. The molecule has 0 spiro atoms. The molecule has 2 fully saturated rings. The lowest BCUT2D eigenvalue weighted by Crippen LogP contribution is -2.49. The molecule has 2 unspecified atom stereocenters. The Hall–Kier alpha value is -0.870. The number of amides is 1. The molecule has 1 aromatic carbocycles. The number of hydrogen-bond donors (Lipinski definition) is 1. The van der Waals surface area contributed by atoms with E-state index in [2.05, 4.69) is 35.0 Å². The molecule has 0 radical (unpaired) electrons. The number of hydrogen-bond acceptors (Lipinski definition) is 2. The molecular formula is C19H27BrN2O. The summed E-state index contributed by atoms with van der Waals surface area (Å²) < 4.78 is 1.07. The van der Waals surface area contributed by atoms with Crippen LogP contribution >= 0.6 is 15.9 Å². The molecule has 4 heteroatoms. The van der Waals surface area contributed by atoms with Gasteiger partial charge in [-0.2, -0.15) is 0 Å². The van der Waals surface area contributed by atoms with E-state index in [1.54, 1.807) is 0 Å². The van der Waals surface area contributed by atoms with Crippen molar-refractivity contribution in [2.24, 2.45) is 23.5 Å². The number of carbonyl (C=O) groups excluding carboxylic acids is 1. The summed E-state index contributed by atoms with van der Waals surface area (Å²) in [5.74, 6) is 1.62. The zero-order valence-electron chi connectivity index (χ0n) is 13.9. The van der Waals surface area contributed by atoms with Crippen LogP contribution in [-0.4, -0.2) is 23.4 Å². The van der Waals surface area contributed by atoms with E-state index in [1.807, 2.05) is 17.0 Å². The van der Waals surface area contributed by atoms with Gasteiger partial charge in [0, 0.05) is 29.5 Å².